The fraction of sp³-hybridized carbons (Fsp3) is 0.235. The largest absolute Gasteiger partial charge is 0.466 e. The Bertz CT molecular complexity index is 947. The molecule has 0 saturated carbocycles. The van der Waals surface area contributed by atoms with Crippen LogP contribution in [0.4, 0.5) is 10.7 Å². The van der Waals surface area contributed by atoms with E-state index in [0.29, 0.717) is 27.0 Å². The number of ether oxygens (including phenoxy) is 1. The van der Waals surface area contributed by atoms with Crippen molar-refractivity contribution in [3.05, 3.63) is 39.2 Å². The maximum atomic E-state index is 12.7. The quantitative estimate of drug-likeness (QED) is 0.784. The Hall–Kier alpha value is -2.56. The van der Waals surface area contributed by atoms with Crippen LogP contribution in [-0.2, 0) is 9.59 Å². The number of carbonyl (C=O) groups excluding carboxylic acids is 2. The number of thiophene rings is 1. The van der Waals surface area contributed by atoms with Crippen molar-refractivity contribution < 1.29 is 14.3 Å². The number of rotatable bonds is 2. The Balaban J connectivity index is 1.92. The summed E-state index contributed by atoms with van der Waals surface area (Å²) < 4.78 is 5.67. The highest BCUT2D eigenvalue weighted by atomic mass is 35.5. The van der Waals surface area contributed by atoms with Crippen LogP contribution in [0.25, 0.3) is 0 Å². The molecule has 2 amide bonds. The van der Waals surface area contributed by atoms with Crippen molar-refractivity contribution in [2.45, 2.75) is 26.4 Å². The lowest BCUT2D eigenvalue weighted by Crippen LogP contribution is -2.56. The predicted octanol–water partition coefficient (Wildman–Crippen LogP) is 3.62. The lowest BCUT2D eigenvalue weighted by Gasteiger charge is -2.33. The van der Waals surface area contributed by atoms with Crippen LogP contribution in [0.5, 0.6) is 5.75 Å². The standard InChI is InChI=1S/C17H14ClN3O3S/c1-8-9(2)25-14(11(8)7-19)21-16(23)17(3)15(22)20-12-6-10(18)4-5-13(12)24-17/h4-6H,1-3H3,(H,20,22)(H,21,23). The molecule has 2 aromatic rings. The van der Waals surface area contributed by atoms with Gasteiger partial charge in [0.25, 0.3) is 17.4 Å². The molecule has 1 atom stereocenters. The molecule has 1 unspecified atom stereocenters. The molecule has 2 N–H and O–H groups in total. The van der Waals surface area contributed by atoms with Gasteiger partial charge in [-0.2, -0.15) is 5.26 Å². The summed E-state index contributed by atoms with van der Waals surface area (Å²) in [5.74, 6) is -0.910. The van der Waals surface area contributed by atoms with Crippen molar-refractivity contribution in [2.24, 2.45) is 0 Å². The number of nitriles is 1. The van der Waals surface area contributed by atoms with Gasteiger partial charge in [0.05, 0.1) is 11.3 Å². The zero-order valence-corrected chi connectivity index (χ0v) is 15.3. The molecule has 0 bridgehead atoms. The van der Waals surface area contributed by atoms with Crippen LogP contribution in [0, 0.1) is 25.2 Å². The van der Waals surface area contributed by atoms with Crippen LogP contribution in [-0.4, -0.2) is 17.4 Å². The fourth-order valence-corrected chi connectivity index (χ4v) is 3.60. The summed E-state index contributed by atoms with van der Waals surface area (Å²) in [4.78, 5) is 26.1. The monoisotopic (exact) mass is 375 g/mol. The van der Waals surface area contributed by atoms with E-state index < -0.39 is 17.4 Å². The Labute approximate surface area is 153 Å². The van der Waals surface area contributed by atoms with E-state index in [2.05, 4.69) is 16.7 Å². The van der Waals surface area contributed by atoms with Crippen LogP contribution in [0.15, 0.2) is 18.2 Å². The van der Waals surface area contributed by atoms with Crippen LogP contribution in [0.1, 0.15) is 22.9 Å². The molecule has 0 aliphatic carbocycles. The third-order valence-corrected chi connectivity index (χ3v) is 5.45. The number of aryl methyl sites for hydroxylation is 1. The average Bonchev–Trinajstić information content (AvgIpc) is 2.82. The second kappa shape index (κ2) is 6.06. The van der Waals surface area contributed by atoms with Crippen molar-refractivity contribution in [1.82, 2.24) is 0 Å². The Morgan fingerprint density at radius 3 is 2.84 bits per heavy atom. The van der Waals surface area contributed by atoms with E-state index >= 15 is 0 Å². The molecular weight excluding hydrogens is 362 g/mol. The van der Waals surface area contributed by atoms with Gasteiger partial charge in [0.2, 0.25) is 0 Å². The van der Waals surface area contributed by atoms with E-state index in [9.17, 15) is 14.9 Å². The van der Waals surface area contributed by atoms with E-state index in [1.165, 1.54) is 18.3 Å². The van der Waals surface area contributed by atoms with E-state index in [-0.39, 0.29) is 0 Å². The minimum Gasteiger partial charge on any atom is -0.466 e. The number of fused-ring (bicyclic) bond motifs is 1. The molecule has 0 fully saturated rings. The third kappa shape index (κ3) is 2.84. The molecule has 1 aromatic carbocycles. The second-order valence-electron chi connectivity index (χ2n) is 5.78. The minimum atomic E-state index is -1.76. The molecular formula is C17H14ClN3O3S. The summed E-state index contributed by atoms with van der Waals surface area (Å²) >= 11 is 7.19. The van der Waals surface area contributed by atoms with Crippen molar-refractivity contribution >= 4 is 45.4 Å². The first-order chi connectivity index (χ1) is 11.8. The van der Waals surface area contributed by atoms with Gasteiger partial charge in [0.15, 0.2) is 0 Å². The van der Waals surface area contributed by atoms with Crippen molar-refractivity contribution in [3.63, 3.8) is 0 Å². The van der Waals surface area contributed by atoms with E-state index in [1.54, 1.807) is 18.2 Å². The summed E-state index contributed by atoms with van der Waals surface area (Å²) in [6.07, 6.45) is 0. The molecule has 0 saturated heterocycles. The van der Waals surface area contributed by atoms with Gasteiger partial charge in [-0.15, -0.1) is 11.3 Å². The molecule has 2 heterocycles. The SMILES string of the molecule is Cc1sc(NC(=O)C2(C)Oc3ccc(Cl)cc3NC2=O)c(C#N)c1C. The lowest BCUT2D eigenvalue weighted by molar-refractivity contribution is -0.143. The molecule has 1 aromatic heterocycles. The highest BCUT2D eigenvalue weighted by molar-refractivity contribution is 7.16. The molecule has 3 rings (SSSR count). The second-order valence-corrected chi connectivity index (χ2v) is 7.44. The number of carbonyl (C=O) groups is 2. The topological polar surface area (TPSA) is 91.2 Å². The van der Waals surface area contributed by atoms with E-state index in [0.717, 1.165) is 10.4 Å². The minimum absolute atomic E-state index is 0.348. The van der Waals surface area contributed by atoms with Gasteiger partial charge in [-0.3, -0.25) is 9.59 Å². The number of nitrogens with zero attached hydrogens (tertiary/aromatic N) is 1. The zero-order valence-electron chi connectivity index (χ0n) is 13.7. The average molecular weight is 376 g/mol. The Kier molecular flexibility index (Phi) is 4.19. The van der Waals surface area contributed by atoms with Crippen LogP contribution >= 0.6 is 22.9 Å². The number of amides is 2. The number of benzene rings is 1. The first-order valence-electron chi connectivity index (χ1n) is 7.38. The molecule has 1 aliphatic heterocycles. The molecule has 1 aliphatic rings. The predicted molar refractivity (Wildman–Crippen MR) is 96.3 cm³/mol. The molecule has 8 heteroatoms. The number of nitrogens with one attached hydrogen (secondary N) is 2. The zero-order chi connectivity index (χ0) is 18.4. The van der Waals surface area contributed by atoms with Gasteiger partial charge in [0.1, 0.15) is 16.8 Å². The Morgan fingerprint density at radius 1 is 1.44 bits per heavy atom. The summed E-state index contributed by atoms with van der Waals surface area (Å²) in [6.45, 7) is 5.06. The molecule has 25 heavy (non-hydrogen) atoms. The van der Waals surface area contributed by atoms with Crippen LogP contribution in [0.3, 0.4) is 0 Å². The van der Waals surface area contributed by atoms with Gasteiger partial charge in [-0.05, 0) is 44.5 Å². The number of hydrogen-bond donors (Lipinski definition) is 2. The third-order valence-electron chi connectivity index (χ3n) is 4.09. The van der Waals surface area contributed by atoms with Gasteiger partial charge in [0, 0.05) is 9.90 Å². The molecule has 6 nitrogen and oxygen atoms in total. The number of halogens is 1. The van der Waals surface area contributed by atoms with Gasteiger partial charge < -0.3 is 15.4 Å². The molecule has 128 valence electrons. The highest BCUT2D eigenvalue weighted by Crippen LogP contribution is 2.37. The summed E-state index contributed by atoms with van der Waals surface area (Å²) in [6, 6.07) is 6.82. The van der Waals surface area contributed by atoms with Crippen molar-refractivity contribution in [1.29, 1.82) is 5.26 Å². The van der Waals surface area contributed by atoms with Gasteiger partial charge in [-0.1, -0.05) is 11.6 Å². The first kappa shape index (κ1) is 17.3. The molecule has 0 radical (unpaired) electrons. The van der Waals surface area contributed by atoms with Crippen molar-refractivity contribution in [2.75, 3.05) is 10.6 Å². The Morgan fingerprint density at radius 2 is 2.16 bits per heavy atom. The van der Waals surface area contributed by atoms with Gasteiger partial charge in [-0.25, -0.2) is 0 Å². The maximum Gasteiger partial charge on any atom is 0.278 e. The lowest BCUT2D eigenvalue weighted by atomic mass is 10.0. The number of anilines is 2. The van der Waals surface area contributed by atoms with Gasteiger partial charge >= 0.3 is 0 Å². The van der Waals surface area contributed by atoms with Crippen molar-refractivity contribution in [3.8, 4) is 11.8 Å². The summed E-state index contributed by atoms with van der Waals surface area (Å²) in [5.41, 5.74) is -0.160. The summed E-state index contributed by atoms with van der Waals surface area (Å²) in [5, 5.41) is 15.4. The van der Waals surface area contributed by atoms with E-state index in [4.69, 9.17) is 16.3 Å². The van der Waals surface area contributed by atoms with E-state index in [1.807, 2.05) is 13.8 Å². The maximum absolute atomic E-state index is 12.7. The summed E-state index contributed by atoms with van der Waals surface area (Å²) in [7, 11) is 0. The normalized spacial score (nSPS) is 18.6. The highest BCUT2D eigenvalue weighted by Gasteiger charge is 2.47. The molecule has 0 spiro atoms. The van der Waals surface area contributed by atoms with Crippen LogP contribution < -0.4 is 15.4 Å². The fourth-order valence-electron chi connectivity index (χ4n) is 2.42. The van der Waals surface area contributed by atoms with Crippen LogP contribution in [0.2, 0.25) is 5.02 Å². The first-order valence-corrected chi connectivity index (χ1v) is 8.57. The smallest absolute Gasteiger partial charge is 0.278 e. The number of hydrogen-bond acceptors (Lipinski definition) is 5.